The number of nitriles is 1. The average molecular weight is 315 g/mol. The third kappa shape index (κ3) is 5.85. The first-order valence-electron chi connectivity index (χ1n) is 8.59. The quantitative estimate of drug-likeness (QED) is 0.810. The molecule has 2 rings (SSSR count). The fourth-order valence-corrected chi connectivity index (χ4v) is 2.97. The lowest BCUT2D eigenvalue weighted by atomic mass is 9.88. The van der Waals surface area contributed by atoms with Crippen LogP contribution < -0.4 is 5.32 Å². The maximum absolute atomic E-state index is 9.63. The molecule has 1 aliphatic heterocycles. The number of rotatable bonds is 7. The van der Waals surface area contributed by atoms with E-state index in [4.69, 9.17) is 5.26 Å². The number of anilines is 1. The van der Waals surface area contributed by atoms with E-state index in [1.165, 1.54) is 11.3 Å². The first-order valence-corrected chi connectivity index (χ1v) is 8.59. The van der Waals surface area contributed by atoms with Gasteiger partial charge in [-0.05, 0) is 36.3 Å². The number of hydrogen-bond acceptors (Lipinski definition) is 4. The Morgan fingerprint density at radius 2 is 2.00 bits per heavy atom. The van der Waals surface area contributed by atoms with Crippen molar-refractivity contribution in [2.75, 3.05) is 25.0 Å². The minimum absolute atomic E-state index is 0.109. The number of benzene rings is 1. The van der Waals surface area contributed by atoms with Crippen LogP contribution in [0.5, 0.6) is 0 Å². The van der Waals surface area contributed by atoms with Crippen LogP contribution in [0.1, 0.15) is 45.1 Å². The molecule has 0 aromatic heterocycles. The second-order valence-electron chi connectivity index (χ2n) is 7.34. The zero-order valence-corrected chi connectivity index (χ0v) is 14.4. The molecule has 2 N–H and O–H groups in total. The van der Waals surface area contributed by atoms with Gasteiger partial charge >= 0.3 is 0 Å². The minimum Gasteiger partial charge on any atom is -0.393 e. The Balaban J connectivity index is 1.93. The molecule has 0 unspecified atom stereocenters. The normalized spacial score (nSPS) is 17.0. The molecule has 0 atom stereocenters. The highest BCUT2D eigenvalue weighted by Crippen LogP contribution is 2.25. The number of para-hydroxylation sites is 1. The minimum atomic E-state index is -0.124. The molecule has 1 heterocycles. The molecule has 0 spiro atoms. The highest BCUT2D eigenvalue weighted by molar-refractivity contribution is 5.51. The van der Waals surface area contributed by atoms with Crippen LogP contribution in [-0.4, -0.2) is 35.7 Å². The molecule has 0 bridgehead atoms. The monoisotopic (exact) mass is 315 g/mol. The predicted molar refractivity (Wildman–Crippen MR) is 94.1 cm³/mol. The molecule has 0 aliphatic carbocycles. The van der Waals surface area contributed by atoms with E-state index in [2.05, 4.69) is 54.4 Å². The van der Waals surface area contributed by atoms with Crippen LogP contribution in [0.25, 0.3) is 0 Å². The van der Waals surface area contributed by atoms with Gasteiger partial charge in [-0.25, -0.2) is 0 Å². The van der Waals surface area contributed by atoms with Gasteiger partial charge in [-0.1, -0.05) is 32.0 Å². The van der Waals surface area contributed by atoms with E-state index in [1.54, 1.807) is 0 Å². The maximum Gasteiger partial charge on any atom is 0.0621 e. The zero-order valence-electron chi connectivity index (χ0n) is 14.4. The Hall–Kier alpha value is -1.57. The van der Waals surface area contributed by atoms with Crippen LogP contribution in [-0.2, 0) is 6.54 Å². The number of aliphatic hydroxyl groups excluding tert-OH is 1. The Morgan fingerprint density at radius 1 is 1.30 bits per heavy atom. The Kier molecular flexibility index (Phi) is 6.44. The van der Waals surface area contributed by atoms with Crippen LogP contribution in [0.2, 0.25) is 0 Å². The van der Waals surface area contributed by atoms with Crippen molar-refractivity contribution in [2.24, 2.45) is 5.41 Å². The van der Waals surface area contributed by atoms with Crippen LogP contribution in [0, 0.1) is 16.7 Å². The second kappa shape index (κ2) is 8.33. The van der Waals surface area contributed by atoms with Crippen molar-refractivity contribution < 1.29 is 5.11 Å². The largest absolute Gasteiger partial charge is 0.393 e. The molecule has 0 amide bonds. The number of hydrogen-bond donors (Lipinski definition) is 2. The van der Waals surface area contributed by atoms with Gasteiger partial charge in [0.05, 0.1) is 12.2 Å². The summed E-state index contributed by atoms with van der Waals surface area (Å²) in [5, 5.41) is 22.0. The summed E-state index contributed by atoms with van der Waals surface area (Å²) in [6.45, 7) is 8.11. The number of nitrogens with zero attached hydrogens (tertiary/aromatic N) is 2. The lowest BCUT2D eigenvalue weighted by Gasteiger charge is -2.30. The summed E-state index contributed by atoms with van der Waals surface area (Å²) < 4.78 is 0. The molecule has 1 aromatic rings. The van der Waals surface area contributed by atoms with Gasteiger partial charge in [-0.3, -0.25) is 4.90 Å². The molecule has 0 radical (unpaired) electrons. The Morgan fingerprint density at radius 3 is 2.70 bits per heavy atom. The molecule has 126 valence electrons. The molecule has 1 fully saturated rings. The Bertz CT molecular complexity index is 528. The number of likely N-dealkylation sites (tertiary alicyclic amines) is 1. The van der Waals surface area contributed by atoms with Crippen molar-refractivity contribution in [2.45, 2.75) is 52.2 Å². The fourth-order valence-electron chi connectivity index (χ4n) is 2.97. The number of nitrogens with one attached hydrogen (secondary N) is 1. The fraction of sp³-hybridized carbons (Fsp3) is 0.632. The van der Waals surface area contributed by atoms with Crippen molar-refractivity contribution in [1.82, 2.24) is 4.90 Å². The highest BCUT2D eigenvalue weighted by Gasteiger charge is 2.20. The molecule has 1 aromatic carbocycles. The molecule has 1 aliphatic rings. The third-order valence-corrected chi connectivity index (χ3v) is 4.64. The predicted octanol–water partition coefficient (Wildman–Crippen LogP) is 3.39. The maximum atomic E-state index is 9.63. The van der Waals surface area contributed by atoms with Crippen molar-refractivity contribution in [3.8, 4) is 6.07 Å². The van der Waals surface area contributed by atoms with Crippen LogP contribution >= 0.6 is 0 Å². The first kappa shape index (κ1) is 17.8. The van der Waals surface area contributed by atoms with Gasteiger partial charge in [0.1, 0.15) is 0 Å². The van der Waals surface area contributed by atoms with E-state index in [0.717, 1.165) is 45.4 Å². The molecular formula is C19H29N3O. The lowest BCUT2D eigenvalue weighted by Crippen LogP contribution is -2.35. The third-order valence-electron chi connectivity index (χ3n) is 4.64. The van der Waals surface area contributed by atoms with Crippen molar-refractivity contribution in [3.63, 3.8) is 0 Å². The molecular weight excluding hydrogens is 286 g/mol. The molecule has 1 saturated heterocycles. The van der Waals surface area contributed by atoms with E-state index in [0.29, 0.717) is 6.42 Å². The molecule has 4 nitrogen and oxygen atoms in total. The van der Waals surface area contributed by atoms with E-state index >= 15 is 0 Å². The van der Waals surface area contributed by atoms with Gasteiger partial charge < -0.3 is 10.4 Å². The summed E-state index contributed by atoms with van der Waals surface area (Å²) in [6.07, 6.45) is 3.13. The van der Waals surface area contributed by atoms with Gasteiger partial charge in [-0.15, -0.1) is 0 Å². The van der Waals surface area contributed by atoms with Crippen LogP contribution in [0.3, 0.4) is 0 Å². The van der Waals surface area contributed by atoms with Crippen LogP contribution in [0.4, 0.5) is 5.69 Å². The summed E-state index contributed by atoms with van der Waals surface area (Å²) in [7, 11) is 0. The summed E-state index contributed by atoms with van der Waals surface area (Å²) in [5.41, 5.74) is 2.60. The highest BCUT2D eigenvalue weighted by atomic mass is 16.3. The van der Waals surface area contributed by atoms with Crippen LogP contribution in [0.15, 0.2) is 24.3 Å². The van der Waals surface area contributed by atoms with Gasteiger partial charge in [0.25, 0.3) is 0 Å². The number of aliphatic hydroxyl groups is 1. The Labute approximate surface area is 140 Å². The average Bonchev–Trinajstić information content (AvgIpc) is 2.54. The summed E-state index contributed by atoms with van der Waals surface area (Å²) in [6, 6.07) is 10.7. The smallest absolute Gasteiger partial charge is 0.0621 e. The molecule has 23 heavy (non-hydrogen) atoms. The van der Waals surface area contributed by atoms with Gasteiger partial charge in [0.15, 0.2) is 0 Å². The summed E-state index contributed by atoms with van der Waals surface area (Å²) >= 11 is 0. The lowest BCUT2D eigenvalue weighted by molar-refractivity contribution is 0.0793. The second-order valence-corrected chi connectivity index (χ2v) is 7.34. The summed E-state index contributed by atoms with van der Waals surface area (Å²) in [4.78, 5) is 2.41. The van der Waals surface area contributed by atoms with Gasteiger partial charge in [0, 0.05) is 38.3 Å². The van der Waals surface area contributed by atoms with E-state index in [-0.39, 0.29) is 11.5 Å². The first-order chi connectivity index (χ1) is 11.0. The van der Waals surface area contributed by atoms with Crippen molar-refractivity contribution >= 4 is 5.69 Å². The molecule has 0 saturated carbocycles. The molecule has 4 heteroatoms. The van der Waals surface area contributed by atoms with Gasteiger partial charge in [0.2, 0.25) is 0 Å². The SMILES string of the molecule is CC(C)(CCC#N)CNc1ccccc1CN1CCC(O)CC1. The van der Waals surface area contributed by atoms with E-state index in [1.807, 2.05) is 0 Å². The zero-order chi connectivity index (χ0) is 16.7. The standard InChI is InChI=1S/C19H29N3O/c1-19(2,10-5-11-20)15-21-18-7-4-3-6-16(18)14-22-12-8-17(23)9-13-22/h3-4,6-7,17,21,23H,5,8-10,12-15H2,1-2H3. The van der Waals surface area contributed by atoms with E-state index in [9.17, 15) is 5.11 Å². The van der Waals surface area contributed by atoms with Gasteiger partial charge in [-0.2, -0.15) is 5.26 Å². The summed E-state index contributed by atoms with van der Waals surface area (Å²) in [5.74, 6) is 0. The number of piperidine rings is 1. The van der Waals surface area contributed by atoms with Crippen molar-refractivity contribution in [1.29, 1.82) is 5.26 Å². The van der Waals surface area contributed by atoms with Crippen molar-refractivity contribution in [3.05, 3.63) is 29.8 Å². The van der Waals surface area contributed by atoms with E-state index < -0.39 is 0 Å². The topological polar surface area (TPSA) is 59.3 Å².